The second kappa shape index (κ2) is 4.75. The molecule has 5 nitrogen and oxygen atoms in total. The molecule has 0 aliphatic rings. The first-order chi connectivity index (χ1) is 8.63. The lowest BCUT2D eigenvalue weighted by Gasteiger charge is -2.09. The van der Waals surface area contributed by atoms with E-state index < -0.39 is 5.97 Å². The maximum absolute atomic E-state index is 10.8. The minimum Gasteiger partial charge on any atom is -0.507 e. The van der Waals surface area contributed by atoms with Gasteiger partial charge in [0.1, 0.15) is 17.2 Å². The molecule has 1 heterocycles. The number of methoxy groups -OCH3 is 1. The summed E-state index contributed by atoms with van der Waals surface area (Å²) in [6, 6.07) is 7.53. The topological polar surface area (TPSA) is 79.7 Å². The Labute approximate surface area is 103 Å². The summed E-state index contributed by atoms with van der Waals surface area (Å²) in [5.74, 6) is -0.729. The lowest BCUT2D eigenvalue weighted by Crippen LogP contribution is -1.97. The van der Waals surface area contributed by atoms with Crippen molar-refractivity contribution in [3.63, 3.8) is 0 Å². The number of phenolic OH excluding ortho intramolecular Hbond substituents is 1. The van der Waals surface area contributed by atoms with Crippen LogP contribution in [0.3, 0.4) is 0 Å². The van der Waals surface area contributed by atoms with Crippen LogP contribution in [0.4, 0.5) is 0 Å². The smallest absolute Gasteiger partial charge is 0.335 e. The lowest BCUT2D eigenvalue weighted by molar-refractivity contribution is 0.0696. The largest absolute Gasteiger partial charge is 0.507 e. The highest BCUT2D eigenvalue weighted by Gasteiger charge is 2.13. The Kier molecular flexibility index (Phi) is 3.14. The third-order valence-electron chi connectivity index (χ3n) is 2.49. The molecule has 5 heteroatoms. The molecular formula is C13H11NO4. The van der Waals surface area contributed by atoms with E-state index in [-0.39, 0.29) is 11.3 Å². The Morgan fingerprint density at radius 2 is 2.11 bits per heavy atom. The molecule has 2 N–H and O–H groups in total. The highest BCUT2D eigenvalue weighted by atomic mass is 16.5. The summed E-state index contributed by atoms with van der Waals surface area (Å²) in [5.41, 5.74) is 0.915. The molecule has 92 valence electrons. The van der Waals surface area contributed by atoms with Crippen LogP contribution in [0, 0.1) is 0 Å². The molecule has 2 rings (SSSR count). The Balaban J connectivity index is 2.54. The van der Waals surface area contributed by atoms with E-state index in [9.17, 15) is 9.90 Å². The minimum absolute atomic E-state index is 0.0196. The second-order valence-electron chi connectivity index (χ2n) is 3.59. The highest BCUT2D eigenvalue weighted by Crippen LogP contribution is 2.34. The lowest BCUT2D eigenvalue weighted by atomic mass is 10.1. The summed E-state index contributed by atoms with van der Waals surface area (Å²) in [6.45, 7) is 0. The summed E-state index contributed by atoms with van der Waals surface area (Å²) in [6.07, 6.45) is 1.57. The Hall–Kier alpha value is -2.56. The van der Waals surface area contributed by atoms with Crippen molar-refractivity contribution in [2.75, 3.05) is 7.11 Å². The summed E-state index contributed by atoms with van der Waals surface area (Å²) >= 11 is 0. The number of aromatic hydroxyl groups is 1. The number of phenols is 1. The van der Waals surface area contributed by atoms with E-state index in [4.69, 9.17) is 9.84 Å². The molecular weight excluding hydrogens is 234 g/mol. The molecule has 0 amide bonds. The Bertz CT molecular complexity index is 595. The van der Waals surface area contributed by atoms with E-state index in [1.54, 1.807) is 18.3 Å². The van der Waals surface area contributed by atoms with Crippen molar-refractivity contribution in [3.8, 4) is 22.8 Å². The van der Waals surface area contributed by atoms with Gasteiger partial charge in [0.15, 0.2) is 0 Å². The van der Waals surface area contributed by atoms with Crippen LogP contribution < -0.4 is 4.74 Å². The van der Waals surface area contributed by atoms with Crippen molar-refractivity contribution in [1.29, 1.82) is 0 Å². The number of rotatable bonds is 3. The molecule has 0 unspecified atom stereocenters. The van der Waals surface area contributed by atoms with E-state index in [2.05, 4.69) is 4.98 Å². The molecule has 0 spiro atoms. The molecule has 0 bridgehead atoms. The average Bonchev–Trinajstić information content (AvgIpc) is 2.38. The number of ether oxygens (including phenoxy) is 1. The van der Waals surface area contributed by atoms with E-state index in [1.165, 1.54) is 25.3 Å². The van der Waals surface area contributed by atoms with Crippen LogP contribution in [-0.4, -0.2) is 28.3 Å². The Morgan fingerprint density at radius 1 is 1.33 bits per heavy atom. The molecule has 18 heavy (non-hydrogen) atoms. The van der Waals surface area contributed by atoms with Crippen LogP contribution in [0.25, 0.3) is 11.3 Å². The fourth-order valence-electron chi connectivity index (χ4n) is 1.62. The van der Waals surface area contributed by atoms with Gasteiger partial charge in [-0.2, -0.15) is 0 Å². The van der Waals surface area contributed by atoms with Gasteiger partial charge in [-0.05, 0) is 30.3 Å². The fraction of sp³-hybridized carbons (Fsp3) is 0.0769. The van der Waals surface area contributed by atoms with E-state index in [0.29, 0.717) is 17.0 Å². The number of benzene rings is 1. The summed E-state index contributed by atoms with van der Waals surface area (Å²) in [4.78, 5) is 14.9. The number of nitrogens with zero attached hydrogens (tertiary/aromatic N) is 1. The summed E-state index contributed by atoms with van der Waals surface area (Å²) < 4.78 is 5.14. The SMILES string of the molecule is COc1cccnc1-c1ccc(C(=O)O)cc1O. The standard InChI is InChI=1S/C13H11NO4/c1-18-11-3-2-6-14-12(11)9-5-4-8(13(16)17)7-10(9)15/h2-7,15H,1H3,(H,16,17). The number of hydrogen-bond acceptors (Lipinski definition) is 4. The molecule has 1 aromatic carbocycles. The predicted octanol–water partition coefficient (Wildman–Crippen LogP) is 2.16. The first-order valence-electron chi connectivity index (χ1n) is 5.19. The normalized spacial score (nSPS) is 10.1. The molecule has 0 saturated carbocycles. The van der Waals surface area contributed by atoms with Crippen LogP contribution in [0.1, 0.15) is 10.4 Å². The zero-order chi connectivity index (χ0) is 13.1. The average molecular weight is 245 g/mol. The van der Waals surface area contributed by atoms with Crippen LogP contribution in [0.15, 0.2) is 36.5 Å². The second-order valence-corrected chi connectivity index (χ2v) is 3.59. The van der Waals surface area contributed by atoms with Gasteiger partial charge in [0.2, 0.25) is 0 Å². The summed E-state index contributed by atoms with van der Waals surface area (Å²) in [7, 11) is 1.50. The number of carboxylic acid groups (broad SMARTS) is 1. The molecule has 0 aliphatic carbocycles. The number of carbonyl (C=O) groups is 1. The molecule has 2 aromatic rings. The molecule has 0 aliphatic heterocycles. The predicted molar refractivity (Wildman–Crippen MR) is 64.8 cm³/mol. The van der Waals surface area contributed by atoms with Crippen molar-refractivity contribution >= 4 is 5.97 Å². The summed E-state index contributed by atoms with van der Waals surface area (Å²) in [5, 5.41) is 18.7. The first-order valence-corrected chi connectivity index (χ1v) is 5.19. The van der Waals surface area contributed by atoms with Gasteiger partial charge < -0.3 is 14.9 Å². The fourth-order valence-corrected chi connectivity index (χ4v) is 1.62. The van der Waals surface area contributed by atoms with Gasteiger partial charge in [-0.15, -0.1) is 0 Å². The zero-order valence-corrected chi connectivity index (χ0v) is 9.62. The van der Waals surface area contributed by atoms with Crippen LogP contribution >= 0.6 is 0 Å². The minimum atomic E-state index is -1.09. The van der Waals surface area contributed by atoms with Crippen molar-refractivity contribution in [3.05, 3.63) is 42.1 Å². The number of aromatic carboxylic acids is 1. The van der Waals surface area contributed by atoms with Crippen molar-refractivity contribution in [2.45, 2.75) is 0 Å². The van der Waals surface area contributed by atoms with Crippen molar-refractivity contribution < 1.29 is 19.7 Å². The molecule has 0 saturated heterocycles. The molecule has 0 atom stereocenters. The van der Waals surface area contributed by atoms with Crippen molar-refractivity contribution in [2.24, 2.45) is 0 Å². The van der Waals surface area contributed by atoms with E-state index in [1.807, 2.05) is 0 Å². The Morgan fingerprint density at radius 3 is 2.72 bits per heavy atom. The van der Waals surface area contributed by atoms with Gasteiger partial charge in [0, 0.05) is 11.8 Å². The number of pyridine rings is 1. The van der Waals surface area contributed by atoms with Gasteiger partial charge in [0.05, 0.1) is 12.7 Å². The quantitative estimate of drug-likeness (QED) is 0.866. The van der Waals surface area contributed by atoms with Crippen LogP contribution in [0.5, 0.6) is 11.5 Å². The van der Waals surface area contributed by atoms with Gasteiger partial charge in [-0.3, -0.25) is 4.98 Å². The van der Waals surface area contributed by atoms with E-state index >= 15 is 0 Å². The molecule has 0 radical (unpaired) electrons. The maximum atomic E-state index is 10.8. The molecule has 1 aromatic heterocycles. The zero-order valence-electron chi connectivity index (χ0n) is 9.62. The first kappa shape index (κ1) is 11.9. The maximum Gasteiger partial charge on any atom is 0.335 e. The third kappa shape index (κ3) is 2.10. The highest BCUT2D eigenvalue weighted by molar-refractivity contribution is 5.89. The third-order valence-corrected chi connectivity index (χ3v) is 2.49. The van der Waals surface area contributed by atoms with E-state index in [0.717, 1.165) is 0 Å². The number of aromatic nitrogens is 1. The number of carboxylic acids is 1. The van der Waals surface area contributed by atoms with Crippen LogP contribution in [-0.2, 0) is 0 Å². The van der Waals surface area contributed by atoms with Gasteiger partial charge in [-0.1, -0.05) is 0 Å². The molecule has 0 fully saturated rings. The van der Waals surface area contributed by atoms with Gasteiger partial charge in [-0.25, -0.2) is 4.79 Å². The van der Waals surface area contributed by atoms with Gasteiger partial charge in [0.25, 0.3) is 0 Å². The van der Waals surface area contributed by atoms with Gasteiger partial charge >= 0.3 is 5.97 Å². The van der Waals surface area contributed by atoms with Crippen LogP contribution in [0.2, 0.25) is 0 Å². The monoisotopic (exact) mass is 245 g/mol. The number of hydrogen-bond donors (Lipinski definition) is 2. The van der Waals surface area contributed by atoms with Crippen molar-refractivity contribution in [1.82, 2.24) is 4.98 Å².